The summed E-state index contributed by atoms with van der Waals surface area (Å²) in [5.74, 6) is 0. The van der Waals surface area contributed by atoms with E-state index in [-0.39, 0.29) is 5.41 Å². The molecule has 1 aliphatic heterocycles. The minimum absolute atomic E-state index is 0.00637. The fraction of sp³-hybridized carbons (Fsp3) is 0.417. The van der Waals surface area contributed by atoms with Crippen molar-refractivity contribution in [3.63, 3.8) is 0 Å². The Morgan fingerprint density at radius 1 is 1.21 bits per heavy atom. The topological polar surface area (TPSA) is 32.6 Å². The summed E-state index contributed by atoms with van der Waals surface area (Å²) in [4.78, 5) is 4.30. The van der Waals surface area contributed by atoms with E-state index in [0.29, 0.717) is 0 Å². The number of benzene rings is 1. The lowest BCUT2D eigenvalue weighted by molar-refractivity contribution is 0.192. The molecule has 2 rings (SSSR count). The minimum Gasteiger partial charge on any atom is -0.368 e. The molecule has 1 heterocycles. The number of hydrogen-bond acceptors (Lipinski definition) is 2. The van der Waals surface area contributed by atoms with Gasteiger partial charge in [0.05, 0.1) is 5.71 Å². The van der Waals surface area contributed by atoms with Crippen LogP contribution in [-0.2, 0) is 0 Å². The van der Waals surface area contributed by atoms with Gasteiger partial charge in [0.25, 0.3) is 0 Å². The molecule has 0 saturated carbocycles. The molecule has 0 aromatic heterocycles. The van der Waals surface area contributed by atoms with Crippen molar-refractivity contribution in [2.75, 3.05) is 0 Å². The fourth-order valence-electron chi connectivity index (χ4n) is 1.80. The smallest absolute Gasteiger partial charge is 0.172 e. The second-order valence-corrected chi connectivity index (χ2v) is 4.69. The third kappa shape index (κ3) is 1.36. The van der Waals surface area contributed by atoms with Gasteiger partial charge in [0.15, 0.2) is 6.23 Å². The van der Waals surface area contributed by atoms with E-state index in [4.69, 9.17) is 0 Å². The highest BCUT2D eigenvalue weighted by molar-refractivity contribution is 6.07. The van der Waals surface area contributed by atoms with Crippen LogP contribution in [0.4, 0.5) is 0 Å². The van der Waals surface area contributed by atoms with Gasteiger partial charge in [-0.2, -0.15) is 0 Å². The molecule has 1 unspecified atom stereocenters. The van der Waals surface area contributed by atoms with Crippen LogP contribution in [0, 0.1) is 5.41 Å². The predicted octanol–water partition coefficient (Wildman–Crippen LogP) is 2.53. The first-order valence-electron chi connectivity index (χ1n) is 4.86. The Kier molecular flexibility index (Phi) is 1.96. The summed E-state index contributed by atoms with van der Waals surface area (Å²) in [5, 5.41) is 9.73. The second-order valence-electron chi connectivity index (χ2n) is 4.69. The maximum atomic E-state index is 9.73. The molecule has 1 atom stereocenters. The number of aliphatic hydroxyl groups is 1. The van der Waals surface area contributed by atoms with Gasteiger partial charge in [-0.3, -0.25) is 4.99 Å². The SMILES string of the molecule is CC(C)(C)C1=NC(O)c2ccccc21. The highest BCUT2D eigenvalue weighted by Crippen LogP contribution is 2.34. The third-order valence-corrected chi connectivity index (χ3v) is 2.46. The molecule has 74 valence electrons. The maximum absolute atomic E-state index is 9.73. The summed E-state index contributed by atoms with van der Waals surface area (Å²) in [6.45, 7) is 6.34. The van der Waals surface area contributed by atoms with E-state index < -0.39 is 6.23 Å². The van der Waals surface area contributed by atoms with E-state index >= 15 is 0 Å². The lowest BCUT2D eigenvalue weighted by Crippen LogP contribution is -2.19. The molecule has 0 bridgehead atoms. The van der Waals surface area contributed by atoms with E-state index in [1.807, 2.05) is 24.3 Å². The number of rotatable bonds is 0. The average Bonchev–Trinajstić information content (AvgIpc) is 2.44. The van der Waals surface area contributed by atoms with Crippen molar-refractivity contribution >= 4 is 5.71 Å². The third-order valence-electron chi connectivity index (χ3n) is 2.46. The van der Waals surface area contributed by atoms with Crippen LogP contribution in [0.15, 0.2) is 29.3 Å². The van der Waals surface area contributed by atoms with Crippen molar-refractivity contribution in [2.45, 2.75) is 27.0 Å². The van der Waals surface area contributed by atoms with Gasteiger partial charge in [-0.05, 0) is 0 Å². The van der Waals surface area contributed by atoms with Crippen LogP contribution < -0.4 is 0 Å². The molecule has 1 aromatic rings. The molecule has 0 radical (unpaired) electrons. The maximum Gasteiger partial charge on any atom is 0.172 e. The first-order chi connectivity index (χ1) is 6.50. The van der Waals surface area contributed by atoms with Gasteiger partial charge in [-0.1, -0.05) is 45.0 Å². The Morgan fingerprint density at radius 2 is 1.86 bits per heavy atom. The van der Waals surface area contributed by atoms with Crippen LogP contribution in [0.5, 0.6) is 0 Å². The number of hydrogen-bond donors (Lipinski definition) is 1. The standard InChI is InChI=1S/C12H15NO/c1-12(2,3)10-8-6-4-5-7-9(8)11(14)13-10/h4-7,11,14H,1-3H3. The quantitative estimate of drug-likeness (QED) is 0.668. The number of fused-ring (bicyclic) bond motifs is 1. The van der Waals surface area contributed by atoms with Crippen LogP contribution in [0.2, 0.25) is 0 Å². The monoisotopic (exact) mass is 189 g/mol. The van der Waals surface area contributed by atoms with Gasteiger partial charge in [0.1, 0.15) is 0 Å². The van der Waals surface area contributed by atoms with Gasteiger partial charge in [-0.25, -0.2) is 0 Å². The van der Waals surface area contributed by atoms with E-state index in [1.54, 1.807) is 0 Å². The molecule has 0 aliphatic carbocycles. The lowest BCUT2D eigenvalue weighted by atomic mass is 9.85. The first-order valence-corrected chi connectivity index (χ1v) is 4.86. The molecular formula is C12H15NO. The Hall–Kier alpha value is -1.15. The molecule has 1 N–H and O–H groups in total. The summed E-state index contributed by atoms with van der Waals surface area (Å²) in [6, 6.07) is 7.87. The lowest BCUT2D eigenvalue weighted by Gasteiger charge is -2.19. The molecule has 0 amide bonds. The molecule has 0 spiro atoms. The summed E-state index contributed by atoms with van der Waals surface area (Å²) in [6.07, 6.45) is -0.666. The highest BCUT2D eigenvalue weighted by Gasteiger charge is 2.30. The van der Waals surface area contributed by atoms with Crippen molar-refractivity contribution in [2.24, 2.45) is 10.4 Å². The summed E-state index contributed by atoms with van der Waals surface area (Å²) < 4.78 is 0. The number of aliphatic hydroxyl groups excluding tert-OH is 1. The Morgan fingerprint density at radius 3 is 2.50 bits per heavy atom. The largest absolute Gasteiger partial charge is 0.368 e. The zero-order valence-corrected chi connectivity index (χ0v) is 8.78. The van der Waals surface area contributed by atoms with Gasteiger partial charge in [0, 0.05) is 16.5 Å². The Balaban J connectivity index is 2.54. The number of nitrogens with zero attached hydrogens (tertiary/aromatic N) is 1. The minimum atomic E-state index is -0.666. The Bertz CT molecular complexity index is 388. The van der Waals surface area contributed by atoms with Gasteiger partial charge < -0.3 is 5.11 Å². The average molecular weight is 189 g/mol. The van der Waals surface area contributed by atoms with Crippen molar-refractivity contribution < 1.29 is 5.11 Å². The van der Waals surface area contributed by atoms with Crippen LogP contribution in [0.1, 0.15) is 38.1 Å². The molecule has 0 saturated heterocycles. The van der Waals surface area contributed by atoms with Crippen molar-refractivity contribution in [3.8, 4) is 0 Å². The van der Waals surface area contributed by atoms with Crippen molar-refractivity contribution in [1.82, 2.24) is 0 Å². The molecule has 14 heavy (non-hydrogen) atoms. The molecular weight excluding hydrogens is 174 g/mol. The van der Waals surface area contributed by atoms with Crippen molar-refractivity contribution in [1.29, 1.82) is 0 Å². The van der Waals surface area contributed by atoms with E-state index in [1.165, 1.54) is 0 Å². The van der Waals surface area contributed by atoms with Crippen LogP contribution in [0.3, 0.4) is 0 Å². The predicted molar refractivity (Wildman–Crippen MR) is 57.4 cm³/mol. The van der Waals surface area contributed by atoms with Crippen molar-refractivity contribution in [3.05, 3.63) is 35.4 Å². The molecule has 0 fully saturated rings. The van der Waals surface area contributed by atoms with E-state index in [0.717, 1.165) is 16.8 Å². The Labute approximate surface area is 84.3 Å². The zero-order chi connectivity index (χ0) is 10.3. The summed E-state index contributed by atoms with van der Waals surface area (Å²) in [5.41, 5.74) is 3.01. The molecule has 2 heteroatoms. The van der Waals surface area contributed by atoms with Crippen LogP contribution in [-0.4, -0.2) is 10.8 Å². The summed E-state index contributed by atoms with van der Waals surface area (Å²) >= 11 is 0. The zero-order valence-electron chi connectivity index (χ0n) is 8.78. The van der Waals surface area contributed by atoms with Crippen LogP contribution >= 0.6 is 0 Å². The van der Waals surface area contributed by atoms with Gasteiger partial charge in [-0.15, -0.1) is 0 Å². The van der Waals surface area contributed by atoms with Gasteiger partial charge in [0.2, 0.25) is 0 Å². The van der Waals surface area contributed by atoms with Crippen LogP contribution in [0.25, 0.3) is 0 Å². The van der Waals surface area contributed by atoms with E-state index in [2.05, 4.69) is 25.8 Å². The van der Waals surface area contributed by atoms with Gasteiger partial charge >= 0.3 is 0 Å². The number of aliphatic imine (C=N–C) groups is 1. The molecule has 1 aromatic carbocycles. The highest BCUT2D eigenvalue weighted by atomic mass is 16.3. The first kappa shape index (κ1) is 9.41. The van der Waals surface area contributed by atoms with E-state index in [9.17, 15) is 5.11 Å². The normalized spacial score (nSPS) is 20.6. The summed E-state index contributed by atoms with van der Waals surface area (Å²) in [7, 11) is 0. The second kappa shape index (κ2) is 2.92. The fourth-order valence-corrected chi connectivity index (χ4v) is 1.80. The molecule has 2 nitrogen and oxygen atoms in total. The molecule has 1 aliphatic rings.